The van der Waals surface area contributed by atoms with Crippen LogP contribution in [0.5, 0.6) is 0 Å². The second-order valence-corrected chi connectivity index (χ2v) is 10.6. The molecule has 2 amide bonds. The van der Waals surface area contributed by atoms with E-state index < -0.39 is 23.4 Å². The monoisotopic (exact) mass is 503 g/mol. The van der Waals surface area contributed by atoms with Crippen molar-refractivity contribution in [2.75, 3.05) is 4.90 Å². The minimum absolute atomic E-state index is 0.0781. The Morgan fingerprint density at radius 2 is 1.50 bits per heavy atom. The van der Waals surface area contributed by atoms with Gasteiger partial charge in [-0.1, -0.05) is 40.2 Å². The second-order valence-electron chi connectivity index (χ2n) is 10.0. The van der Waals surface area contributed by atoms with Gasteiger partial charge in [-0.15, -0.1) is 5.10 Å². The lowest BCUT2D eigenvalue weighted by atomic mass is 9.89. The molecule has 0 unspecified atom stereocenters. The summed E-state index contributed by atoms with van der Waals surface area (Å²) in [5.41, 5.74) is 1.46. The quantitative estimate of drug-likeness (QED) is 0.466. The van der Waals surface area contributed by atoms with Gasteiger partial charge in [-0.25, -0.2) is 9.59 Å². The van der Waals surface area contributed by atoms with Crippen LogP contribution in [0.25, 0.3) is 0 Å². The molecular weight excluding hydrogens is 474 g/mol. The van der Waals surface area contributed by atoms with Crippen molar-refractivity contribution in [3.05, 3.63) is 53.2 Å². The molecule has 0 saturated heterocycles. The van der Waals surface area contributed by atoms with Gasteiger partial charge < -0.3 is 9.47 Å². The number of benzene rings is 1. The molecule has 1 aromatic carbocycles. The van der Waals surface area contributed by atoms with Crippen LogP contribution in [0.1, 0.15) is 71.1 Å². The van der Waals surface area contributed by atoms with Crippen LogP contribution in [-0.2, 0) is 20.2 Å². The Morgan fingerprint density at radius 1 is 0.969 bits per heavy atom. The summed E-state index contributed by atoms with van der Waals surface area (Å²) in [7, 11) is 0. The van der Waals surface area contributed by atoms with Crippen LogP contribution in [0, 0.1) is 0 Å². The zero-order valence-electron chi connectivity index (χ0n) is 19.4. The first-order chi connectivity index (χ1) is 14.8. The van der Waals surface area contributed by atoms with E-state index in [1.165, 1.54) is 11.1 Å². The molecule has 0 aliphatic heterocycles. The van der Waals surface area contributed by atoms with Crippen LogP contribution in [-0.4, -0.2) is 33.6 Å². The first kappa shape index (κ1) is 24.2. The van der Waals surface area contributed by atoms with Gasteiger partial charge >= 0.3 is 12.2 Å². The maximum Gasteiger partial charge on any atom is 0.425 e. The second kappa shape index (κ2) is 8.81. The van der Waals surface area contributed by atoms with E-state index in [-0.39, 0.29) is 11.2 Å². The van der Waals surface area contributed by atoms with Gasteiger partial charge in [0.1, 0.15) is 11.2 Å². The molecule has 1 heterocycles. The van der Waals surface area contributed by atoms with Gasteiger partial charge in [-0.05, 0) is 77.1 Å². The largest absolute Gasteiger partial charge is 0.443 e. The lowest BCUT2D eigenvalue weighted by molar-refractivity contribution is 0.0428. The predicted octanol–water partition coefficient (Wildman–Crippen LogP) is 6.13. The first-order valence-electron chi connectivity index (χ1n) is 10.6. The molecule has 1 aromatic heterocycles. The number of hydrogen-bond acceptors (Lipinski definition) is 6. The Balaban J connectivity index is 1.98. The highest BCUT2D eigenvalue weighted by atomic mass is 79.9. The van der Waals surface area contributed by atoms with Crippen LogP contribution >= 0.6 is 15.9 Å². The van der Waals surface area contributed by atoms with E-state index in [0.717, 1.165) is 28.6 Å². The van der Waals surface area contributed by atoms with Crippen molar-refractivity contribution in [3.8, 4) is 0 Å². The average Bonchev–Trinajstić information content (AvgIpc) is 3.47. The summed E-state index contributed by atoms with van der Waals surface area (Å²) in [6.07, 6.45) is 1.88. The van der Waals surface area contributed by atoms with Gasteiger partial charge in [-0.3, -0.25) is 0 Å². The standard InChI is InChI=1S/C24H30BrN3O4/c1-22(2,3)31-20(29)28(21(30)32-23(4,5)6)19-13-18(15-26-27-19)24(11-12-24)17-9-7-16(14-25)8-10-17/h7-10,13,15H,11-12,14H2,1-6H3. The maximum absolute atomic E-state index is 12.9. The summed E-state index contributed by atoms with van der Waals surface area (Å²) in [6.45, 7) is 10.4. The molecule has 0 radical (unpaired) electrons. The Hall–Kier alpha value is -2.48. The number of alkyl halides is 1. The van der Waals surface area contributed by atoms with Crippen molar-refractivity contribution in [1.82, 2.24) is 10.2 Å². The van der Waals surface area contributed by atoms with Gasteiger partial charge in [-0.2, -0.15) is 10.00 Å². The van der Waals surface area contributed by atoms with Crippen molar-refractivity contribution < 1.29 is 19.1 Å². The van der Waals surface area contributed by atoms with Gasteiger partial charge in [0, 0.05) is 10.7 Å². The zero-order valence-corrected chi connectivity index (χ0v) is 21.0. The molecule has 0 spiro atoms. The Kier molecular flexibility index (Phi) is 6.65. The zero-order chi connectivity index (χ0) is 23.7. The highest BCUT2D eigenvalue weighted by Gasteiger charge is 2.47. The normalized spacial score (nSPS) is 15.1. The number of rotatable bonds is 4. The van der Waals surface area contributed by atoms with Crippen molar-refractivity contribution >= 4 is 33.9 Å². The molecule has 32 heavy (non-hydrogen) atoms. The van der Waals surface area contributed by atoms with Crippen molar-refractivity contribution in [1.29, 1.82) is 0 Å². The summed E-state index contributed by atoms with van der Waals surface area (Å²) in [5, 5.41) is 8.98. The van der Waals surface area contributed by atoms with Crippen LogP contribution in [0.2, 0.25) is 0 Å². The number of amides is 2. The summed E-state index contributed by atoms with van der Waals surface area (Å²) in [4.78, 5) is 26.7. The lowest BCUT2D eigenvalue weighted by Crippen LogP contribution is -2.44. The van der Waals surface area contributed by atoms with E-state index in [4.69, 9.17) is 9.47 Å². The Morgan fingerprint density at radius 3 is 1.94 bits per heavy atom. The topological polar surface area (TPSA) is 81.6 Å². The first-order valence-corrected chi connectivity index (χ1v) is 11.7. The molecule has 2 aromatic rings. The summed E-state index contributed by atoms with van der Waals surface area (Å²) in [5.74, 6) is 0.0781. The van der Waals surface area contributed by atoms with Crippen LogP contribution < -0.4 is 4.90 Å². The highest BCUT2D eigenvalue weighted by molar-refractivity contribution is 9.08. The summed E-state index contributed by atoms with van der Waals surface area (Å²) in [6, 6.07) is 10.1. The predicted molar refractivity (Wildman–Crippen MR) is 126 cm³/mol. The van der Waals surface area contributed by atoms with Gasteiger partial charge in [0.25, 0.3) is 0 Å². The number of halogens is 1. The van der Waals surface area contributed by atoms with Crippen molar-refractivity contribution in [2.45, 2.75) is 76.3 Å². The van der Waals surface area contributed by atoms with Gasteiger partial charge in [0.15, 0.2) is 5.82 Å². The molecule has 0 bridgehead atoms. The number of anilines is 1. The lowest BCUT2D eigenvalue weighted by Gasteiger charge is -2.28. The van der Waals surface area contributed by atoms with Crippen LogP contribution in [0.4, 0.5) is 15.4 Å². The van der Waals surface area contributed by atoms with Crippen LogP contribution in [0.3, 0.4) is 0 Å². The van der Waals surface area contributed by atoms with E-state index in [9.17, 15) is 9.59 Å². The van der Waals surface area contributed by atoms with E-state index in [1.807, 2.05) is 0 Å². The van der Waals surface area contributed by atoms with Gasteiger partial charge in [0.05, 0.1) is 6.20 Å². The molecule has 1 aliphatic carbocycles. The van der Waals surface area contributed by atoms with E-state index in [2.05, 4.69) is 50.4 Å². The molecule has 1 saturated carbocycles. The SMILES string of the molecule is CC(C)(C)OC(=O)N(C(=O)OC(C)(C)C)c1cc(C2(c3ccc(CBr)cc3)CC2)cnn1. The number of imide groups is 1. The molecule has 172 valence electrons. The fourth-order valence-corrected chi connectivity index (χ4v) is 3.76. The van der Waals surface area contributed by atoms with Crippen molar-refractivity contribution in [3.63, 3.8) is 0 Å². The fourth-order valence-electron chi connectivity index (χ4n) is 3.39. The molecular formula is C24H30BrN3O4. The third-order valence-electron chi connectivity index (χ3n) is 4.99. The Bertz CT molecular complexity index is 962. The minimum Gasteiger partial charge on any atom is -0.443 e. The fraction of sp³-hybridized carbons (Fsp3) is 0.500. The van der Waals surface area contributed by atoms with E-state index in [1.54, 1.807) is 53.8 Å². The number of ether oxygens (including phenoxy) is 2. The minimum atomic E-state index is -0.857. The Labute approximate surface area is 197 Å². The molecule has 1 aliphatic rings. The molecule has 0 atom stereocenters. The van der Waals surface area contributed by atoms with Crippen LogP contribution in [0.15, 0.2) is 36.5 Å². The molecule has 8 heteroatoms. The number of hydrogen-bond donors (Lipinski definition) is 0. The molecule has 3 rings (SSSR count). The molecule has 7 nitrogen and oxygen atoms in total. The number of nitrogens with zero attached hydrogens (tertiary/aromatic N) is 3. The smallest absolute Gasteiger partial charge is 0.425 e. The third-order valence-corrected chi connectivity index (χ3v) is 5.63. The average molecular weight is 504 g/mol. The number of aromatic nitrogens is 2. The number of carbonyl (C=O) groups excluding carboxylic acids is 2. The highest BCUT2D eigenvalue weighted by Crippen LogP contribution is 2.53. The van der Waals surface area contributed by atoms with Gasteiger partial charge in [0.2, 0.25) is 0 Å². The molecule has 1 fully saturated rings. The maximum atomic E-state index is 12.9. The van der Waals surface area contributed by atoms with Crippen molar-refractivity contribution in [2.24, 2.45) is 0 Å². The molecule has 0 N–H and O–H groups in total. The third kappa shape index (κ3) is 5.65. The van der Waals surface area contributed by atoms with E-state index >= 15 is 0 Å². The van der Waals surface area contributed by atoms with E-state index in [0.29, 0.717) is 0 Å². The number of carbonyl (C=O) groups is 2. The summed E-state index contributed by atoms with van der Waals surface area (Å²) >= 11 is 3.48. The summed E-state index contributed by atoms with van der Waals surface area (Å²) < 4.78 is 10.9.